The fourth-order valence-corrected chi connectivity index (χ4v) is 2.01. The van der Waals surface area contributed by atoms with Gasteiger partial charge in [0.2, 0.25) is 5.95 Å². The van der Waals surface area contributed by atoms with E-state index < -0.39 is 5.82 Å². The lowest BCUT2D eigenvalue weighted by molar-refractivity contribution is 0.627. The van der Waals surface area contributed by atoms with Crippen LogP contribution in [0.2, 0.25) is 5.02 Å². The molecule has 0 aliphatic rings. The lowest BCUT2D eigenvalue weighted by atomic mass is 10.2. The maximum absolute atomic E-state index is 13.1. The molecule has 2 rings (SSSR count). The Kier molecular flexibility index (Phi) is 4.22. The Hall–Kier alpha value is -1.81. The summed E-state index contributed by atoms with van der Waals surface area (Å²) >= 11 is 5.78. The van der Waals surface area contributed by atoms with Crippen molar-refractivity contribution in [1.29, 1.82) is 0 Å². The second kappa shape index (κ2) is 5.89. The molecule has 1 N–H and O–H groups in total. The summed E-state index contributed by atoms with van der Waals surface area (Å²) in [6.45, 7) is 6.81. The Bertz CT molecular complexity index is 592. The average molecular weight is 280 g/mol. The topological polar surface area (TPSA) is 29.9 Å². The third-order valence-electron chi connectivity index (χ3n) is 2.64. The molecule has 0 atom stereocenters. The highest BCUT2D eigenvalue weighted by Crippen LogP contribution is 2.18. The van der Waals surface area contributed by atoms with E-state index in [4.69, 9.17) is 11.6 Å². The monoisotopic (exact) mass is 279 g/mol. The van der Waals surface area contributed by atoms with Crippen molar-refractivity contribution in [3.8, 4) is 0 Å². The number of aryl methyl sites for hydroxylation is 1. The van der Waals surface area contributed by atoms with Crippen molar-refractivity contribution < 1.29 is 4.39 Å². The SMILES string of the molecule is C=CCNc1nc(C)cn1Cc1ccc(F)c(Cl)c1. The molecule has 1 aromatic carbocycles. The van der Waals surface area contributed by atoms with Crippen molar-refractivity contribution in [2.24, 2.45) is 0 Å². The van der Waals surface area contributed by atoms with Crippen LogP contribution in [-0.2, 0) is 6.54 Å². The van der Waals surface area contributed by atoms with E-state index in [2.05, 4.69) is 16.9 Å². The Morgan fingerprint density at radius 1 is 1.53 bits per heavy atom. The van der Waals surface area contributed by atoms with Gasteiger partial charge in [-0.2, -0.15) is 0 Å². The first kappa shape index (κ1) is 13.6. The molecular formula is C14H15ClFN3. The number of rotatable bonds is 5. The smallest absolute Gasteiger partial charge is 0.203 e. The first-order valence-electron chi connectivity index (χ1n) is 5.92. The minimum absolute atomic E-state index is 0.134. The van der Waals surface area contributed by atoms with Crippen molar-refractivity contribution in [2.75, 3.05) is 11.9 Å². The minimum atomic E-state index is -0.405. The number of hydrogen-bond donors (Lipinski definition) is 1. The Morgan fingerprint density at radius 2 is 2.32 bits per heavy atom. The van der Waals surface area contributed by atoms with Gasteiger partial charge >= 0.3 is 0 Å². The third kappa shape index (κ3) is 3.35. The second-order valence-electron chi connectivity index (χ2n) is 4.25. The molecule has 0 aliphatic heterocycles. The van der Waals surface area contributed by atoms with Crippen molar-refractivity contribution in [3.63, 3.8) is 0 Å². The van der Waals surface area contributed by atoms with Gasteiger partial charge in [-0.1, -0.05) is 23.7 Å². The van der Waals surface area contributed by atoms with E-state index in [0.717, 1.165) is 17.2 Å². The van der Waals surface area contributed by atoms with Crippen LogP contribution in [0, 0.1) is 12.7 Å². The molecule has 0 bridgehead atoms. The van der Waals surface area contributed by atoms with Gasteiger partial charge in [0.1, 0.15) is 5.82 Å². The fraction of sp³-hybridized carbons (Fsp3) is 0.214. The zero-order chi connectivity index (χ0) is 13.8. The Balaban J connectivity index is 2.21. The van der Waals surface area contributed by atoms with Crippen molar-refractivity contribution >= 4 is 17.5 Å². The fourth-order valence-electron chi connectivity index (χ4n) is 1.81. The van der Waals surface area contributed by atoms with Gasteiger partial charge in [0.15, 0.2) is 0 Å². The van der Waals surface area contributed by atoms with E-state index in [-0.39, 0.29) is 5.02 Å². The molecule has 100 valence electrons. The van der Waals surface area contributed by atoms with Crippen molar-refractivity contribution in [3.05, 3.63) is 59.1 Å². The summed E-state index contributed by atoms with van der Waals surface area (Å²) in [5.41, 5.74) is 1.84. The summed E-state index contributed by atoms with van der Waals surface area (Å²) in [5.74, 6) is 0.357. The molecule has 1 aromatic heterocycles. The van der Waals surface area contributed by atoms with Crippen LogP contribution in [0.1, 0.15) is 11.3 Å². The summed E-state index contributed by atoms with van der Waals surface area (Å²) in [7, 11) is 0. The number of aromatic nitrogens is 2. The van der Waals surface area contributed by atoms with Crippen LogP contribution in [-0.4, -0.2) is 16.1 Å². The highest BCUT2D eigenvalue weighted by atomic mass is 35.5. The first-order chi connectivity index (χ1) is 9.10. The number of halogens is 2. The third-order valence-corrected chi connectivity index (χ3v) is 2.93. The highest BCUT2D eigenvalue weighted by molar-refractivity contribution is 6.30. The van der Waals surface area contributed by atoms with Crippen LogP contribution < -0.4 is 5.32 Å². The molecule has 19 heavy (non-hydrogen) atoms. The Labute approximate surface area is 116 Å². The summed E-state index contributed by atoms with van der Waals surface area (Å²) in [4.78, 5) is 4.38. The van der Waals surface area contributed by atoms with E-state index in [1.54, 1.807) is 18.2 Å². The predicted molar refractivity (Wildman–Crippen MR) is 76.2 cm³/mol. The molecule has 2 aromatic rings. The average Bonchev–Trinajstić information content (AvgIpc) is 2.71. The second-order valence-corrected chi connectivity index (χ2v) is 4.66. The Morgan fingerprint density at radius 3 is 3.00 bits per heavy atom. The van der Waals surface area contributed by atoms with Gasteiger partial charge in [0.25, 0.3) is 0 Å². The van der Waals surface area contributed by atoms with Crippen molar-refractivity contribution in [2.45, 2.75) is 13.5 Å². The molecule has 0 aliphatic carbocycles. The van der Waals surface area contributed by atoms with E-state index in [1.807, 2.05) is 17.7 Å². The number of nitrogens with zero attached hydrogens (tertiary/aromatic N) is 2. The molecule has 0 radical (unpaired) electrons. The lowest BCUT2D eigenvalue weighted by Crippen LogP contribution is -2.08. The molecule has 0 amide bonds. The molecule has 0 unspecified atom stereocenters. The van der Waals surface area contributed by atoms with Crippen LogP contribution in [0.25, 0.3) is 0 Å². The number of benzene rings is 1. The molecule has 0 saturated carbocycles. The summed E-state index contributed by atoms with van der Waals surface area (Å²) in [6.07, 6.45) is 3.70. The summed E-state index contributed by atoms with van der Waals surface area (Å²) in [6, 6.07) is 4.72. The summed E-state index contributed by atoms with van der Waals surface area (Å²) < 4.78 is 15.1. The predicted octanol–water partition coefficient (Wildman–Crippen LogP) is 3.63. The maximum atomic E-state index is 13.1. The number of hydrogen-bond acceptors (Lipinski definition) is 2. The summed E-state index contributed by atoms with van der Waals surface area (Å²) in [5, 5.41) is 3.29. The zero-order valence-electron chi connectivity index (χ0n) is 10.7. The lowest BCUT2D eigenvalue weighted by Gasteiger charge is -2.09. The van der Waals surface area contributed by atoms with Gasteiger partial charge in [-0.25, -0.2) is 9.37 Å². The number of nitrogens with one attached hydrogen (secondary N) is 1. The molecular weight excluding hydrogens is 265 g/mol. The quantitative estimate of drug-likeness (QED) is 0.847. The number of anilines is 1. The first-order valence-corrected chi connectivity index (χ1v) is 6.30. The van der Waals surface area contributed by atoms with Gasteiger partial charge in [-0.05, 0) is 24.6 Å². The van der Waals surface area contributed by atoms with Gasteiger partial charge in [0, 0.05) is 12.7 Å². The molecule has 1 heterocycles. The van der Waals surface area contributed by atoms with E-state index in [1.165, 1.54) is 6.07 Å². The van der Waals surface area contributed by atoms with Gasteiger partial charge in [-0.3, -0.25) is 0 Å². The minimum Gasteiger partial charge on any atom is -0.352 e. The van der Waals surface area contributed by atoms with E-state index >= 15 is 0 Å². The number of imidazole rings is 1. The van der Waals surface area contributed by atoms with Crippen molar-refractivity contribution in [1.82, 2.24) is 9.55 Å². The maximum Gasteiger partial charge on any atom is 0.203 e. The largest absolute Gasteiger partial charge is 0.352 e. The van der Waals surface area contributed by atoms with Gasteiger partial charge in [0.05, 0.1) is 17.3 Å². The van der Waals surface area contributed by atoms with Gasteiger partial charge in [-0.15, -0.1) is 6.58 Å². The van der Waals surface area contributed by atoms with Crippen LogP contribution in [0.3, 0.4) is 0 Å². The molecule has 0 fully saturated rings. The zero-order valence-corrected chi connectivity index (χ0v) is 11.4. The van der Waals surface area contributed by atoms with Crippen LogP contribution in [0.4, 0.5) is 10.3 Å². The van der Waals surface area contributed by atoms with E-state index in [9.17, 15) is 4.39 Å². The molecule has 0 saturated heterocycles. The van der Waals surface area contributed by atoms with Crippen LogP contribution >= 0.6 is 11.6 Å². The molecule has 3 nitrogen and oxygen atoms in total. The molecule has 5 heteroatoms. The standard InChI is InChI=1S/C14H15ClFN3/c1-3-6-17-14-18-10(2)8-19(14)9-11-4-5-13(16)12(15)7-11/h3-5,7-8H,1,6,9H2,2H3,(H,17,18). The van der Waals surface area contributed by atoms with Crippen LogP contribution in [0.15, 0.2) is 37.1 Å². The normalized spacial score (nSPS) is 10.5. The highest BCUT2D eigenvalue weighted by Gasteiger charge is 2.07. The van der Waals surface area contributed by atoms with E-state index in [0.29, 0.717) is 13.1 Å². The van der Waals surface area contributed by atoms with Crippen LogP contribution in [0.5, 0.6) is 0 Å². The van der Waals surface area contributed by atoms with Gasteiger partial charge < -0.3 is 9.88 Å². The molecule has 0 spiro atoms.